The standard InChI is InChI=1S/C28H24N4O5S2/c33-26(19-7-10-25-23(11-19)32-27(34)22-3-1-2-4-24(22)39(25,35)36)30-14-21-15-31-28(38-21)18-5-8-20(9-6-18)37-16-17-12-29-13-17/h1-11,15,17,29H,12-14,16H2,(H,30,33)(H,32,34). The number of nitrogens with zero attached hydrogens (tertiary/aromatic N) is 1. The van der Waals surface area contributed by atoms with Crippen LogP contribution in [0.15, 0.2) is 82.7 Å². The zero-order chi connectivity index (χ0) is 27.0. The van der Waals surface area contributed by atoms with E-state index in [1.54, 1.807) is 18.3 Å². The second-order valence-corrected chi connectivity index (χ2v) is 12.3. The van der Waals surface area contributed by atoms with E-state index in [9.17, 15) is 18.0 Å². The van der Waals surface area contributed by atoms with Crippen molar-refractivity contribution in [1.82, 2.24) is 15.6 Å². The Morgan fingerprint density at radius 3 is 2.62 bits per heavy atom. The summed E-state index contributed by atoms with van der Waals surface area (Å²) in [5.74, 6) is 0.446. The molecule has 0 unspecified atom stereocenters. The molecular formula is C28H24N4O5S2. The Morgan fingerprint density at radius 1 is 1.05 bits per heavy atom. The van der Waals surface area contributed by atoms with Crippen LogP contribution in [-0.2, 0) is 16.4 Å². The van der Waals surface area contributed by atoms with Crippen LogP contribution < -0.4 is 20.7 Å². The van der Waals surface area contributed by atoms with Gasteiger partial charge in [0.2, 0.25) is 9.84 Å². The largest absolute Gasteiger partial charge is 0.493 e. The van der Waals surface area contributed by atoms with Crippen LogP contribution in [0.5, 0.6) is 5.75 Å². The number of aromatic nitrogens is 1. The van der Waals surface area contributed by atoms with Gasteiger partial charge in [0.15, 0.2) is 0 Å². The second kappa shape index (κ2) is 10.3. The van der Waals surface area contributed by atoms with E-state index in [0.29, 0.717) is 12.5 Å². The number of hydrogen-bond donors (Lipinski definition) is 3. The van der Waals surface area contributed by atoms with Gasteiger partial charge >= 0.3 is 0 Å². The number of rotatable bonds is 7. The molecule has 3 aromatic carbocycles. The number of anilines is 1. The van der Waals surface area contributed by atoms with Gasteiger partial charge in [-0.15, -0.1) is 11.3 Å². The molecule has 1 fully saturated rings. The lowest BCUT2D eigenvalue weighted by molar-refractivity contribution is 0.0949. The summed E-state index contributed by atoms with van der Waals surface area (Å²) in [6.45, 7) is 2.94. The number of amides is 2. The molecule has 1 aromatic heterocycles. The van der Waals surface area contributed by atoms with Crippen LogP contribution in [0.3, 0.4) is 0 Å². The van der Waals surface area contributed by atoms with Crippen molar-refractivity contribution in [3.05, 3.63) is 88.9 Å². The number of benzene rings is 3. The molecule has 9 nitrogen and oxygen atoms in total. The molecule has 4 aromatic rings. The minimum absolute atomic E-state index is 0.0547. The number of nitrogens with one attached hydrogen (secondary N) is 3. The molecule has 0 atom stereocenters. The lowest BCUT2D eigenvalue weighted by Gasteiger charge is -2.26. The maximum Gasteiger partial charge on any atom is 0.257 e. The SMILES string of the molecule is O=C(NCc1cnc(-c2ccc(OCC3CNC3)cc2)s1)c1ccc2c(c1)NC(=O)c1ccccc1S2(=O)=O. The summed E-state index contributed by atoms with van der Waals surface area (Å²) in [6.07, 6.45) is 1.72. The molecule has 6 rings (SSSR count). The molecule has 3 heterocycles. The van der Waals surface area contributed by atoms with E-state index in [4.69, 9.17) is 4.74 Å². The maximum absolute atomic E-state index is 13.2. The summed E-state index contributed by atoms with van der Waals surface area (Å²) in [5.41, 5.74) is 1.32. The first kappa shape index (κ1) is 25.2. The van der Waals surface area contributed by atoms with Crippen molar-refractivity contribution in [3.63, 3.8) is 0 Å². The minimum Gasteiger partial charge on any atom is -0.493 e. The van der Waals surface area contributed by atoms with E-state index < -0.39 is 21.7 Å². The highest BCUT2D eigenvalue weighted by Crippen LogP contribution is 2.34. The van der Waals surface area contributed by atoms with Gasteiger partial charge in [-0.2, -0.15) is 0 Å². The number of fused-ring (bicyclic) bond motifs is 2. The molecule has 198 valence electrons. The van der Waals surface area contributed by atoms with Gasteiger partial charge in [0, 0.05) is 41.2 Å². The smallest absolute Gasteiger partial charge is 0.257 e. The molecule has 39 heavy (non-hydrogen) atoms. The zero-order valence-electron chi connectivity index (χ0n) is 20.6. The van der Waals surface area contributed by atoms with Gasteiger partial charge in [0.05, 0.1) is 34.2 Å². The van der Waals surface area contributed by atoms with E-state index in [2.05, 4.69) is 20.9 Å². The molecule has 11 heteroatoms. The number of ether oxygens (including phenoxy) is 1. The first-order valence-corrected chi connectivity index (χ1v) is 14.6. The topological polar surface area (TPSA) is 126 Å². The Labute approximate surface area is 229 Å². The predicted octanol–water partition coefficient (Wildman–Crippen LogP) is 3.74. The van der Waals surface area contributed by atoms with Crippen LogP contribution in [0, 0.1) is 5.92 Å². The summed E-state index contributed by atoms with van der Waals surface area (Å²) < 4.78 is 32.1. The van der Waals surface area contributed by atoms with Crippen molar-refractivity contribution in [3.8, 4) is 16.3 Å². The predicted molar refractivity (Wildman–Crippen MR) is 147 cm³/mol. The number of sulfone groups is 1. The highest BCUT2D eigenvalue weighted by molar-refractivity contribution is 7.91. The number of hydrogen-bond acceptors (Lipinski definition) is 8. The van der Waals surface area contributed by atoms with Crippen LogP contribution in [0.4, 0.5) is 5.69 Å². The Morgan fingerprint density at radius 2 is 1.85 bits per heavy atom. The molecule has 0 radical (unpaired) electrons. The quantitative estimate of drug-likeness (QED) is 0.314. The zero-order valence-corrected chi connectivity index (χ0v) is 22.3. The average molecular weight is 561 g/mol. The van der Waals surface area contributed by atoms with Gasteiger partial charge in [-0.3, -0.25) is 9.59 Å². The van der Waals surface area contributed by atoms with Crippen molar-refractivity contribution >= 4 is 38.7 Å². The Hall–Kier alpha value is -4.06. The Bertz CT molecular complexity index is 1680. The maximum atomic E-state index is 13.2. The van der Waals surface area contributed by atoms with Crippen LogP contribution in [0.25, 0.3) is 10.6 Å². The van der Waals surface area contributed by atoms with Gasteiger partial charge in [0.1, 0.15) is 10.8 Å². The van der Waals surface area contributed by atoms with E-state index in [1.165, 1.54) is 41.7 Å². The van der Waals surface area contributed by atoms with Gasteiger partial charge in [-0.25, -0.2) is 13.4 Å². The first-order chi connectivity index (χ1) is 18.9. The Kier molecular flexibility index (Phi) is 6.63. The van der Waals surface area contributed by atoms with Gasteiger partial charge in [-0.1, -0.05) is 12.1 Å². The molecule has 3 N–H and O–H groups in total. The first-order valence-electron chi connectivity index (χ1n) is 12.3. The van der Waals surface area contributed by atoms with Crippen molar-refractivity contribution < 1.29 is 22.7 Å². The van der Waals surface area contributed by atoms with Gasteiger partial charge in [0.25, 0.3) is 11.8 Å². The molecule has 2 aliphatic rings. The van der Waals surface area contributed by atoms with Gasteiger partial charge < -0.3 is 20.7 Å². The van der Waals surface area contributed by atoms with E-state index >= 15 is 0 Å². The number of carbonyl (C=O) groups excluding carboxylic acids is 2. The van der Waals surface area contributed by atoms with Crippen molar-refractivity contribution in [2.45, 2.75) is 16.3 Å². The third-order valence-corrected chi connectivity index (χ3v) is 9.55. The monoisotopic (exact) mass is 560 g/mol. The van der Waals surface area contributed by atoms with E-state index in [0.717, 1.165) is 34.3 Å². The number of carbonyl (C=O) groups is 2. The third-order valence-electron chi connectivity index (χ3n) is 6.63. The summed E-state index contributed by atoms with van der Waals surface area (Å²) in [5, 5.41) is 9.53. The van der Waals surface area contributed by atoms with Gasteiger partial charge in [-0.05, 0) is 54.6 Å². The van der Waals surface area contributed by atoms with Crippen molar-refractivity contribution in [1.29, 1.82) is 0 Å². The fourth-order valence-electron chi connectivity index (χ4n) is 4.37. The van der Waals surface area contributed by atoms with Crippen LogP contribution in [0.2, 0.25) is 0 Å². The molecule has 1 saturated heterocycles. The highest BCUT2D eigenvalue weighted by atomic mass is 32.2. The lowest BCUT2D eigenvalue weighted by atomic mass is 10.1. The molecule has 0 saturated carbocycles. The average Bonchev–Trinajstić information content (AvgIpc) is 3.37. The highest BCUT2D eigenvalue weighted by Gasteiger charge is 2.31. The van der Waals surface area contributed by atoms with Crippen molar-refractivity contribution in [2.24, 2.45) is 5.92 Å². The normalized spacial score (nSPS) is 15.7. The fourth-order valence-corrected chi connectivity index (χ4v) is 6.82. The number of thiazole rings is 1. The van der Waals surface area contributed by atoms with Crippen molar-refractivity contribution in [2.75, 3.05) is 25.0 Å². The lowest BCUT2D eigenvalue weighted by Crippen LogP contribution is -2.45. The molecule has 0 bridgehead atoms. The summed E-state index contributed by atoms with van der Waals surface area (Å²) in [6, 6.07) is 18.0. The van der Waals surface area contributed by atoms with Crippen LogP contribution in [-0.4, -0.2) is 44.9 Å². The summed E-state index contributed by atoms with van der Waals surface area (Å²) in [4.78, 5) is 30.8. The molecule has 2 aliphatic heterocycles. The second-order valence-electron chi connectivity index (χ2n) is 9.34. The third kappa shape index (κ3) is 5.03. The fraction of sp³-hybridized carbons (Fsp3) is 0.179. The summed E-state index contributed by atoms with van der Waals surface area (Å²) >= 11 is 1.47. The van der Waals surface area contributed by atoms with Crippen LogP contribution in [0.1, 0.15) is 25.6 Å². The molecule has 0 spiro atoms. The molecule has 0 aliphatic carbocycles. The van der Waals surface area contributed by atoms with Crippen LogP contribution >= 0.6 is 11.3 Å². The minimum atomic E-state index is -3.93. The summed E-state index contributed by atoms with van der Waals surface area (Å²) in [7, 11) is -3.93. The molecular weight excluding hydrogens is 536 g/mol. The molecule has 2 amide bonds. The van der Waals surface area contributed by atoms with E-state index in [1.807, 2.05) is 24.3 Å². The van der Waals surface area contributed by atoms with E-state index in [-0.39, 0.29) is 33.2 Å². The Balaban J connectivity index is 1.12.